The molecule has 1 saturated heterocycles. The van der Waals surface area contributed by atoms with Gasteiger partial charge in [0.2, 0.25) is 0 Å². The number of carbonyl (C=O) groups is 2. The fourth-order valence-electron chi connectivity index (χ4n) is 5.43. The van der Waals surface area contributed by atoms with Crippen LogP contribution in [0, 0.1) is 5.92 Å². The number of piperidine rings is 1. The quantitative estimate of drug-likeness (QED) is 0.587. The third-order valence-corrected chi connectivity index (χ3v) is 7.23. The molecule has 3 aromatic rings. The third kappa shape index (κ3) is 4.61. The molecule has 0 radical (unpaired) electrons. The molecule has 176 valence electrons. The summed E-state index contributed by atoms with van der Waals surface area (Å²) in [7, 11) is 0. The number of imidazole rings is 1. The first-order valence-corrected chi connectivity index (χ1v) is 12.0. The highest BCUT2D eigenvalue weighted by Gasteiger charge is 2.37. The van der Waals surface area contributed by atoms with Gasteiger partial charge in [0.05, 0.1) is 23.6 Å². The number of benzene rings is 2. The summed E-state index contributed by atoms with van der Waals surface area (Å²) < 4.78 is 0. The highest BCUT2D eigenvalue weighted by Crippen LogP contribution is 2.39. The highest BCUT2D eigenvalue weighted by molar-refractivity contribution is 5.97. The van der Waals surface area contributed by atoms with E-state index in [1.807, 2.05) is 11.2 Å². The van der Waals surface area contributed by atoms with Crippen molar-refractivity contribution in [2.45, 2.75) is 31.7 Å². The third-order valence-electron chi connectivity index (χ3n) is 7.23. The molecule has 0 spiro atoms. The molecular formula is C27H30N4O3. The van der Waals surface area contributed by atoms with E-state index in [1.54, 1.807) is 12.1 Å². The Morgan fingerprint density at radius 1 is 1.00 bits per heavy atom. The van der Waals surface area contributed by atoms with Crippen molar-refractivity contribution < 1.29 is 14.7 Å². The molecule has 7 heteroatoms. The zero-order chi connectivity index (χ0) is 23.5. The monoisotopic (exact) mass is 458 g/mol. The van der Waals surface area contributed by atoms with Gasteiger partial charge < -0.3 is 15.0 Å². The summed E-state index contributed by atoms with van der Waals surface area (Å²) in [5, 5.41) is 9.25. The Morgan fingerprint density at radius 2 is 1.76 bits per heavy atom. The highest BCUT2D eigenvalue weighted by atomic mass is 16.4. The number of hydrogen-bond donors (Lipinski definition) is 2. The van der Waals surface area contributed by atoms with Crippen LogP contribution in [0.25, 0.3) is 0 Å². The topological polar surface area (TPSA) is 89.5 Å². The molecule has 1 atom stereocenters. The Bertz CT molecular complexity index is 1150. The lowest BCUT2D eigenvalue weighted by molar-refractivity contribution is 0.0549. The maximum absolute atomic E-state index is 13.0. The van der Waals surface area contributed by atoms with Gasteiger partial charge in [0, 0.05) is 43.9 Å². The van der Waals surface area contributed by atoms with Gasteiger partial charge in [-0.1, -0.05) is 36.4 Å². The van der Waals surface area contributed by atoms with Crippen LogP contribution in [-0.2, 0) is 12.8 Å². The zero-order valence-corrected chi connectivity index (χ0v) is 19.2. The lowest BCUT2D eigenvalue weighted by Gasteiger charge is -2.43. The maximum atomic E-state index is 13.0. The Balaban J connectivity index is 1.27. The Hall–Kier alpha value is -3.45. The smallest absolute Gasteiger partial charge is 0.335 e. The number of H-pyrrole nitrogens is 1. The summed E-state index contributed by atoms with van der Waals surface area (Å²) in [6.45, 7) is 3.34. The molecule has 34 heavy (non-hydrogen) atoms. The van der Waals surface area contributed by atoms with Gasteiger partial charge in [0.1, 0.15) is 0 Å². The van der Waals surface area contributed by atoms with E-state index < -0.39 is 5.97 Å². The lowest BCUT2D eigenvalue weighted by Crippen LogP contribution is -2.45. The van der Waals surface area contributed by atoms with Crippen LogP contribution in [-0.4, -0.2) is 62.9 Å². The van der Waals surface area contributed by atoms with Gasteiger partial charge in [-0.25, -0.2) is 9.78 Å². The standard InChI is InChI=1S/C27H30N4O3/c32-26(21-7-4-8-22(17-21)27(33)34)31-14-10-20(11-15-31)25-24-23(28-18-29-24)12-16-30(25)13-9-19-5-2-1-3-6-19/h1-8,17-18,20,25H,9-16H2,(H,28,29)(H,33,34). The van der Waals surface area contributed by atoms with Gasteiger partial charge in [-0.3, -0.25) is 9.69 Å². The fraction of sp³-hybridized carbons (Fsp3) is 0.370. The summed E-state index contributed by atoms with van der Waals surface area (Å²) >= 11 is 0. The first kappa shape index (κ1) is 22.3. The molecule has 0 bridgehead atoms. The average Bonchev–Trinajstić information content (AvgIpc) is 3.36. The van der Waals surface area contributed by atoms with E-state index in [0.717, 1.165) is 38.8 Å². The summed E-state index contributed by atoms with van der Waals surface area (Å²) in [4.78, 5) is 36.8. The van der Waals surface area contributed by atoms with Crippen LogP contribution in [0.15, 0.2) is 60.9 Å². The van der Waals surface area contributed by atoms with Crippen molar-refractivity contribution in [2.75, 3.05) is 26.2 Å². The van der Waals surface area contributed by atoms with E-state index >= 15 is 0 Å². The normalized spacial score (nSPS) is 19.1. The molecule has 2 N–H and O–H groups in total. The van der Waals surface area contributed by atoms with Crippen molar-refractivity contribution in [3.05, 3.63) is 89.0 Å². The molecule has 2 aliphatic rings. The van der Waals surface area contributed by atoms with Crippen molar-refractivity contribution in [1.82, 2.24) is 19.8 Å². The zero-order valence-electron chi connectivity index (χ0n) is 19.2. The van der Waals surface area contributed by atoms with Crippen LogP contribution in [0.3, 0.4) is 0 Å². The van der Waals surface area contributed by atoms with Crippen LogP contribution in [0.2, 0.25) is 0 Å². The number of aromatic amines is 1. The molecule has 1 amide bonds. The number of fused-ring (bicyclic) bond motifs is 1. The molecule has 7 nitrogen and oxygen atoms in total. The van der Waals surface area contributed by atoms with Crippen molar-refractivity contribution in [1.29, 1.82) is 0 Å². The number of carbonyl (C=O) groups excluding carboxylic acids is 1. The predicted octanol–water partition coefficient (Wildman–Crippen LogP) is 3.80. The van der Waals surface area contributed by atoms with Crippen LogP contribution in [0.4, 0.5) is 0 Å². The molecule has 1 aromatic heterocycles. The predicted molar refractivity (Wildman–Crippen MR) is 129 cm³/mol. The SMILES string of the molecule is O=C(O)c1cccc(C(=O)N2CCC(C3c4nc[nH]c4CCN3CCc3ccccc3)CC2)c1. The average molecular weight is 459 g/mol. The second kappa shape index (κ2) is 9.81. The summed E-state index contributed by atoms with van der Waals surface area (Å²) in [5.74, 6) is -0.685. The minimum absolute atomic E-state index is 0.0911. The molecule has 1 fully saturated rings. The number of carboxylic acid groups (broad SMARTS) is 1. The molecule has 2 aliphatic heterocycles. The number of rotatable bonds is 6. The first-order valence-electron chi connectivity index (χ1n) is 12.0. The molecular weight excluding hydrogens is 428 g/mol. The number of carboxylic acids is 1. The minimum Gasteiger partial charge on any atom is -0.478 e. The number of aromatic carboxylic acids is 1. The minimum atomic E-state index is -1.02. The Morgan fingerprint density at radius 3 is 2.53 bits per heavy atom. The Kier molecular flexibility index (Phi) is 6.45. The molecule has 0 saturated carbocycles. The maximum Gasteiger partial charge on any atom is 0.335 e. The number of nitrogens with zero attached hydrogens (tertiary/aromatic N) is 3. The second-order valence-electron chi connectivity index (χ2n) is 9.25. The fourth-order valence-corrected chi connectivity index (χ4v) is 5.43. The summed E-state index contributed by atoms with van der Waals surface area (Å²) in [5.41, 5.74) is 4.33. The number of aromatic nitrogens is 2. The largest absolute Gasteiger partial charge is 0.478 e. The van der Waals surface area contributed by atoms with Gasteiger partial charge in [0.25, 0.3) is 5.91 Å². The molecule has 5 rings (SSSR count). The number of nitrogens with one attached hydrogen (secondary N) is 1. The Labute approximate surface area is 199 Å². The first-order chi connectivity index (χ1) is 16.6. The number of hydrogen-bond acceptors (Lipinski definition) is 4. The van der Waals surface area contributed by atoms with Gasteiger partial charge in [-0.2, -0.15) is 0 Å². The van der Waals surface area contributed by atoms with E-state index in [4.69, 9.17) is 4.98 Å². The van der Waals surface area contributed by atoms with E-state index in [1.165, 1.54) is 29.1 Å². The second-order valence-corrected chi connectivity index (χ2v) is 9.25. The van der Waals surface area contributed by atoms with Crippen molar-refractivity contribution in [2.24, 2.45) is 5.92 Å². The molecule has 3 heterocycles. The number of likely N-dealkylation sites (tertiary alicyclic amines) is 1. The van der Waals surface area contributed by atoms with E-state index in [-0.39, 0.29) is 17.5 Å². The molecule has 1 unspecified atom stereocenters. The number of amides is 1. The summed E-state index contributed by atoms with van der Waals surface area (Å²) in [6.07, 6.45) is 5.62. The van der Waals surface area contributed by atoms with Crippen molar-refractivity contribution in [3.8, 4) is 0 Å². The van der Waals surface area contributed by atoms with Crippen LogP contribution in [0.1, 0.15) is 56.6 Å². The molecule has 0 aliphatic carbocycles. The summed E-state index contributed by atoms with van der Waals surface area (Å²) in [6, 6.07) is 17.2. The van der Waals surface area contributed by atoms with Crippen molar-refractivity contribution in [3.63, 3.8) is 0 Å². The lowest BCUT2D eigenvalue weighted by atomic mass is 9.83. The molecule has 2 aromatic carbocycles. The van der Waals surface area contributed by atoms with Gasteiger partial charge in [0.15, 0.2) is 0 Å². The van der Waals surface area contributed by atoms with Crippen LogP contribution < -0.4 is 0 Å². The van der Waals surface area contributed by atoms with Crippen LogP contribution >= 0.6 is 0 Å². The van der Waals surface area contributed by atoms with Gasteiger partial charge in [-0.05, 0) is 48.9 Å². The van der Waals surface area contributed by atoms with E-state index in [0.29, 0.717) is 24.6 Å². The van der Waals surface area contributed by atoms with Crippen molar-refractivity contribution >= 4 is 11.9 Å². The van der Waals surface area contributed by atoms with Gasteiger partial charge >= 0.3 is 5.97 Å². The van der Waals surface area contributed by atoms with E-state index in [9.17, 15) is 14.7 Å². The van der Waals surface area contributed by atoms with Crippen LogP contribution in [0.5, 0.6) is 0 Å². The van der Waals surface area contributed by atoms with Gasteiger partial charge in [-0.15, -0.1) is 0 Å². The van der Waals surface area contributed by atoms with E-state index in [2.05, 4.69) is 40.2 Å².